The number of carbonyl (C=O) groups is 3. The molecule has 2 atom stereocenters. The average molecular weight is 483 g/mol. The summed E-state index contributed by atoms with van der Waals surface area (Å²) in [5.74, 6) is -1.37. The van der Waals surface area contributed by atoms with Gasteiger partial charge in [0.15, 0.2) is 0 Å². The Hall–Kier alpha value is -3.39. The fraction of sp³-hybridized carbons (Fsp3) is 0.444. The Morgan fingerprint density at radius 3 is 2.20 bits per heavy atom. The highest BCUT2D eigenvalue weighted by molar-refractivity contribution is 5.82. The topological polar surface area (TPSA) is 114 Å². The summed E-state index contributed by atoms with van der Waals surface area (Å²) in [6.07, 6.45) is 1.04. The van der Waals surface area contributed by atoms with Gasteiger partial charge in [-0.1, -0.05) is 68.3 Å². The van der Waals surface area contributed by atoms with Crippen LogP contribution < -0.4 is 10.6 Å². The molecule has 0 heterocycles. The molecule has 1 aliphatic rings. The highest BCUT2D eigenvalue weighted by atomic mass is 16.5. The van der Waals surface area contributed by atoms with Crippen LogP contribution in [-0.2, 0) is 19.1 Å². The third-order valence-electron chi connectivity index (χ3n) is 6.27. The normalized spacial score (nSPS) is 13.9. The van der Waals surface area contributed by atoms with Gasteiger partial charge in [-0.2, -0.15) is 0 Å². The molecule has 1 unspecified atom stereocenters. The first-order valence-corrected chi connectivity index (χ1v) is 12.1. The molecule has 8 heteroatoms. The van der Waals surface area contributed by atoms with Gasteiger partial charge < -0.3 is 25.2 Å². The fourth-order valence-corrected chi connectivity index (χ4v) is 4.49. The predicted molar refractivity (Wildman–Crippen MR) is 132 cm³/mol. The second-order valence-corrected chi connectivity index (χ2v) is 8.71. The van der Waals surface area contributed by atoms with E-state index < -0.39 is 24.2 Å². The Morgan fingerprint density at radius 1 is 1.00 bits per heavy atom. The van der Waals surface area contributed by atoms with Crippen LogP contribution >= 0.6 is 0 Å². The number of aliphatic carboxylic acids is 1. The first-order valence-electron chi connectivity index (χ1n) is 12.1. The number of methoxy groups -OCH3 is 1. The maximum Gasteiger partial charge on any atom is 0.407 e. The van der Waals surface area contributed by atoms with Crippen LogP contribution in [-0.4, -0.2) is 55.5 Å². The minimum Gasteiger partial charge on any atom is -0.481 e. The fourth-order valence-electron chi connectivity index (χ4n) is 4.49. The SMILES string of the molecule is CCCC[C@@H](CC(=O)O)NC(=O)C(CCNC(=O)OCC1c2ccccc2-c2ccccc21)OC. The Labute approximate surface area is 206 Å². The first kappa shape index (κ1) is 26.2. The number of alkyl carbamates (subject to hydrolysis) is 1. The zero-order chi connectivity index (χ0) is 25.2. The Balaban J connectivity index is 1.47. The van der Waals surface area contributed by atoms with Crippen LogP contribution in [0.25, 0.3) is 11.1 Å². The van der Waals surface area contributed by atoms with Crippen molar-refractivity contribution >= 4 is 18.0 Å². The second-order valence-electron chi connectivity index (χ2n) is 8.71. The molecule has 2 amide bonds. The molecule has 2 aromatic carbocycles. The summed E-state index contributed by atoms with van der Waals surface area (Å²) in [5, 5.41) is 14.5. The summed E-state index contributed by atoms with van der Waals surface area (Å²) >= 11 is 0. The lowest BCUT2D eigenvalue weighted by Crippen LogP contribution is -2.44. The van der Waals surface area contributed by atoms with Crippen molar-refractivity contribution in [2.24, 2.45) is 0 Å². The van der Waals surface area contributed by atoms with E-state index in [1.54, 1.807) is 0 Å². The number of carboxylic acid groups (broad SMARTS) is 1. The van der Waals surface area contributed by atoms with Crippen LogP contribution in [0.3, 0.4) is 0 Å². The van der Waals surface area contributed by atoms with Gasteiger partial charge in [-0.05, 0) is 28.7 Å². The number of nitrogens with one attached hydrogen (secondary N) is 2. The van der Waals surface area contributed by atoms with E-state index in [9.17, 15) is 14.4 Å². The van der Waals surface area contributed by atoms with Gasteiger partial charge in [-0.15, -0.1) is 0 Å². The number of carbonyl (C=O) groups excluding carboxylic acids is 2. The van der Waals surface area contributed by atoms with E-state index in [0.29, 0.717) is 6.42 Å². The van der Waals surface area contributed by atoms with E-state index in [1.807, 2.05) is 31.2 Å². The van der Waals surface area contributed by atoms with Crippen molar-refractivity contribution in [3.8, 4) is 11.1 Å². The van der Waals surface area contributed by atoms with Crippen LogP contribution in [0.2, 0.25) is 0 Å². The molecular weight excluding hydrogens is 448 g/mol. The van der Waals surface area contributed by atoms with Crippen molar-refractivity contribution < 1.29 is 29.0 Å². The van der Waals surface area contributed by atoms with E-state index in [0.717, 1.165) is 35.1 Å². The number of ether oxygens (including phenoxy) is 2. The van der Waals surface area contributed by atoms with Gasteiger partial charge in [0.1, 0.15) is 12.7 Å². The lowest BCUT2D eigenvalue weighted by molar-refractivity contribution is -0.138. The van der Waals surface area contributed by atoms with Gasteiger partial charge >= 0.3 is 12.1 Å². The number of fused-ring (bicyclic) bond motifs is 3. The molecule has 35 heavy (non-hydrogen) atoms. The molecule has 0 fully saturated rings. The van der Waals surface area contributed by atoms with Gasteiger partial charge in [0, 0.05) is 32.0 Å². The molecule has 0 bridgehead atoms. The lowest BCUT2D eigenvalue weighted by Gasteiger charge is -2.21. The van der Waals surface area contributed by atoms with E-state index >= 15 is 0 Å². The molecule has 3 N–H and O–H groups in total. The van der Waals surface area contributed by atoms with Gasteiger partial charge in [0.25, 0.3) is 0 Å². The minimum atomic E-state index is -0.961. The van der Waals surface area contributed by atoms with Crippen LogP contribution in [0.5, 0.6) is 0 Å². The second kappa shape index (κ2) is 12.9. The van der Waals surface area contributed by atoms with E-state index in [4.69, 9.17) is 14.6 Å². The lowest BCUT2D eigenvalue weighted by atomic mass is 9.98. The molecule has 188 valence electrons. The smallest absolute Gasteiger partial charge is 0.407 e. The number of unbranched alkanes of at least 4 members (excludes halogenated alkanes) is 1. The molecule has 8 nitrogen and oxygen atoms in total. The number of rotatable bonds is 13. The molecule has 3 rings (SSSR count). The van der Waals surface area contributed by atoms with Crippen molar-refractivity contribution in [2.45, 2.75) is 57.1 Å². The van der Waals surface area contributed by atoms with Crippen LogP contribution in [0.1, 0.15) is 56.1 Å². The molecule has 0 radical (unpaired) electrons. The highest BCUT2D eigenvalue weighted by Gasteiger charge is 2.29. The molecule has 0 aliphatic heterocycles. The number of amides is 2. The summed E-state index contributed by atoms with van der Waals surface area (Å²) in [5.41, 5.74) is 4.59. The Morgan fingerprint density at radius 2 is 1.63 bits per heavy atom. The third-order valence-corrected chi connectivity index (χ3v) is 6.27. The number of hydrogen-bond donors (Lipinski definition) is 3. The molecule has 0 spiro atoms. The van der Waals surface area contributed by atoms with Crippen LogP contribution in [0.4, 0.5) is 4.79 Å². The maximum absolute atomic E-state index is 12.6. The number of benzene rings is 2. The van der Waals surface area contributed by atoms with Crippen molar-refractivity contribution in [3.63, 3.8) is 0 Å². The molecule has 0 saturated carbocycles. The zero-order valence-electron chi connectivity index (χ0n) is 20.3. The summed E-state index contributed by atoms with van der Waals surface area (Å²) in [6.45, 7) is 2.40. The quantitative estimate of drug-likeness (QED) is 0.396. The summed E-state index contributed by atoms with van der Waals surface area (Å²) in [6, 6.07) is 15.8. The van der Waals surface area contributed by atoms with E-state index in [1.165, 1.54) is 7.11 Å². The predicted octanol–water partition coefficient (Wildman–Crippen LogP) is 4.08. The van der Waals surface area contributed by atoms with Crippen molar-refractivity contribution in [3.05, 3.63) is 59.7 Å². The van der Waals surface area contributed by atoms with E-state index in [2.05, 4.69) is 34.9 Å². The third kappa shape index (κ3) is 7.05. The summed E-state index contributed by atoms with van der Waals surface area (Å²) < 4.78 is 10.8. The highest BCUT2D eigenvalue weighted by Crippen LogP contribution is 2.44. The Kier molecular flexibility index (Phi) is 9.66. The Bertz CT molecular complexity index is 979. The molecule has 0 saturated heterocycles. The molecule has 2 aromatic rings. The number of carboxylic acids is 1. The van der Waals surface area contributed by atoms with Gasteiger partial charge in [-0.3, -0.25) is 9.59 Å². The van der Waals surface area contributed by atoms with Crippen molar-refractivity contribution in [1.82, 2.24) is 10.6 Å². The van der Waals surface area contributed by atoms with Crippen molar-refractivity contribution in [1.29, 1.82) is 0 Å². The monoisotopic (exact) mass is 482 g/mol. The summed E-state index contributed by atoms with van der Waals surface area (Å²) in [4.78, 5) is 36.0. The van der Waals surface area contributed by atoms with Gasteiger partial charge in [0.2, 0.25) is 5.91 Å². The molecule has 1 aliphatic carbocycles. The van der Waals surface area contributed by atoms with Crippen molar-refractivity contribution in [2.75, 3.05) is 20.3 Å². The van der Waals surface area contributed by atoms with Gasteiger partial charge in [0.05, 0.1) is 6.42 Å². The average Bonchev–Trinajstić information content (AvgIpc) is 3.17. The minimum absolute atomic E-state index is 0.0278. The largest absolute Gasteiger partial charge is 0.481 e. The zero-order valence-corrected chi connectivity index (χ0v) is 20.3. The van der Waals surface area contributed by atoms with E-state index in [-0.39, 0.29) is 37.8 Å². The standard InChI is InChI=1S/C27H34N2O6/c1-3-4-9-18(16-25(30)31)29-26(32)24(34-2)14-15-28-27(33)35-17-23-21-12-7-5-10-19(21)20-11-6-8-13-22(20)23/h5-8,10-13,18,23-24H,3-4,9,14-17H2,1-2H3,(H,28,33)(H,29,32)(H,30,31)/t18-,24?/m0/s1. The van der Waals surface area contributed by atoms with Crippen LogP contribution in [0.15, 0.2) is 48.5 Å². The molecule has 0 aromatic heterocycles. The van der Waals surface area contributed by atoms with Crippen LogP contribution in [0, 0.1) is 0 Å². The first-order chi connectivity index (χ1) is 16.9. The molecular formula is C27H34N2O6. The number of hydrogen-bond acceptors (Lipinski definition) is 5. The maximum atomic E-state index is 12.6. The van der Waals surface area contributed by atoms with Gasteiger partial charge in [-0.25, -0.2) is 4.79 Å². The summed E-state index contributed by atoms with van der Waals surface area (Å²) in [7, 11) is 1.41.